The second kappa shape index (κ2) is 10.2. The van der Waals surface area contributed by atoms with Gasteiger partial charge in [-0.1, -0.05) is 30.3 Å². The number of ether oxygens (including phenoxy) is 1. The molecule has 0 aromatic heterocycles. The number of carbonyl (C=O) groups excluding carboxylic acids is 3. The molecule has 1 unspecified atom stereocenters. The average Bonchev–Trinajstić information content (AvgIpc) is 2.72. The van der Waals surface area contributed by atoms with Gasteiger partial charge in [0, 0.05) is 18.4 Å². The van der Waals surface area contributed by atoms with Crippen molar-refractivity contribution in [2.24, 2.45) is 0 Å². The summed E-state index contributed by atoms with van der Waals surface area (Å²) in [6, 6.07) is 11.5. The van der Waals surface area contributed by atoms with Gasteiger partial charge in [0.25, 0.3) is 0 Å². The van der Waals surface area contributed by atoms with Crippen LogP contribution in [0.4, 0.5) is 0 Å². The first kappa shape index (κ1) is 24.5. The van der Waals surface area contributed by atoms with Crippen molar-refractivity contribution in [1.29, 1.82) is 0 Å². The molecule has 0 heterocycles. The van der Waals surface area contributed by atoms with Gasteiger partial charge < -0.3 is 15.2 Å². The van der Waals surface area contributed by atoms with Crippen molar-refractivity contribution >= 4 is 17.7 Å². The molecule has 2 aromatic carbocycles. The number of esters is 1. The zero-order valence-corrected chi connectivity index (χ0v) is 19.8. The van der Waals surface area contributed by atoms with Crippen LogP contribution in [0.1, 0.15) is 79.9 Å². The van der Waals surface area contributed by atoms with Gasteiger partial charge in [0.15, 0.2) is 5.78 Å². The molecule has 6 heteroatoms. The van der Waals surface area contributed by atoms with Crippen molar-refractivity contribution < 1.29 is 24.2 Å². The average molecular weight is 452 g/mol. The third kappa shape index (κ3) is 6.91. The minimum atomic E-state index is -0.831. The fourth-order valence-electron chi connectivity index (χ4n) is 4.27. The molecule has 0 saturated heterocycles. The Labute approximate surface area is 195 Å². The van der Waals surface area contributed by atoms with Gasteiger partial charge in [-0.2, -0.15) is 0 Å². The number of nitrogens with one attached hydrogen (secondary N) is 1. The minimum absolute atomic E-state index is 0.0281. The summed E-state index contributed by atoms with van der Waals surface area (Å²) in [5, 5.41) is 12.7. The van der Waals surface area contributed by atoms with Gasteiger partial charge in [0.2, 0.25) is 5.91 Å². The molecule has 6 nitrogen and oxygen atoms in total. The predicted molar refractivity (Wildman–Crippen MR) is 126 cm³/mol. The number of phenolic OH excluding ortho intramolecular Hbond substituents is 1. The Morgan fingerprint density at radius 1 is 1.12 bits per heavy atom. The molecule has 0 radical (unpaired) electrons. The summed E-state index contributed by atoms with van der Waals surface area (Å²) < 4.78 is 5.56. The van der Waals surface area contributed by atoms with Crippen molar-refractivity contribution in [1.82, 2.24) is 5.32 Å². The maximum absolute atomic E-state index is 13.0. The molecule has 0 fully saturated rings. The Kier molecular flexibility index (Phi) is 7.57. The minimum Gasteiger partial charge on any atom is -0.508 e. The zero-order valence-electron chi connectivity index (χ0n) is 19.8. The van der Waals surface area contributed by atoms with Crippen LogP contribution in [-0.2, 0) is 27.2 Å². The number of fused-ring (bicyclic) bond motifs is 1. The van der Waals surface area contributed by atoms with E-state index in [0.29, 0.717) is 5.56 Å². The van der Waals surface area contributed by atoms with E-state index in [-0.39, 0.29) is 36.2 Å². The number of benzene rings is 2. The lowest BCUT2D eigenvalue weighted by molar-refractivity contribution is -0.158. The van der Waals surface area contributed by atoms with Crippen LogP contribution in [0.25, 0.3) is 0 Å². The number of phenols is 1. The highest BCUT2D eigenvalue weighted by molar-refractivity contribution is 5.94. The molecule has 2 atom stereocenters. The van der Waals surface area contributed by atoms with Gasteiger partial charge in [0.1, 0.15) is 17.4 Å². The molecular formula is C27H33NO5. The highest BCUT2D eigenvalue weighted by Crippen LogP contribution is 2.35. The van der Waals surface area contributed by atoms with Crippen molar-refractivity contribution in [3.8, 4) is 5.75 Å². The highest BCUT2D eigenvalue weighted by Gasteiger charge is 2.29. The fourth-order valence-corrected chi connectivity index (χ4v) is 4.27. The molecule has 3 rings (SSSR count). The number of carbonyl (C=O) groups is 3. The lowest BCUT2D eigenvalue weighted by Crippen LogP contribution is -2.45. The van der Waals surface area contributed by atoms with E-state index in [1.54, 1.807) is 57.2 Å². The standard InChI is InChI=1S/C27H33NO5/c1-17(29)19-10-8-18(9-11-19)14-24(26(32)33-27(2,3)4)28-25(31)16-21-7-5-6-20-15-22(30)12-13-23(20)21/h8-13,15,21,24,30H,5-7,14,16H2,1-4H3,(H,28,31)/t21?,24-/m0/s1. The summed E-state index contributed by atoms with van der Waals surface area (Å²) in [7, 11) is 0. The molecule has 33 heavy (non-hydrogen) atoms. The smallest absolute Gasteiger partial charge is 0.329 e. The molecular weight excluding hydrogens is 418 g/mol. The van der Waals surface area contributed by atoms with Gasteiger partial charge in [-0.25, -0.2) is 4.79 Å². The van der Waals surface area contributed by atoms with E-state index in [9.17, 15) is 19.5 Å². The normalized spacial score (nSPS) is 16.4. The number of ketones is 1. The molecule has 0 spiro atoms. The van der Waals surface area contributed by atoms with Crippen molar-refractivity contribution in [3.63, 3.8) is 0 Å². The quantitative estimate of drug-likeness (QED) is 0.478. The predicted octanol–water partition coefficient (Wildman–Crippen LogP) is 4.47. The largest absolute Gasteiger partial charge is 0.508 e. The molecule has 0 saturated carbocycles. The van der Waals surface area contributed by atoms with Crippen LogP contribution in [0, 0.1) is 0 Å². The second-order valence-corrected chi connectivity index (χ2v) is 9.79. The number of hydrogen-bond donors (Lipinski definition) is 2. The Morgan fingerprint density at radius 3 is 2.45 bits per heavy atom. The molecule has 0 bridgehead atoms. The summed E-state index contributed by atoms with van der Waals surface area (Å²) in [5.74, 6) is -0.444. The van der Waals surface area contributed by atoms with E-state index in [1.807, 2.05) is 6.07 Å². The summed E-state index contributed by atoms with van der Waals surface area (Å²) in [6.45, 7) is 6.88. The van der Waals surface area contributed by atoms with Crippen LogP contribution >= 0.6 is 0 Å². The molecule has 1 aliphatic rings. The lowest BCUT2D eigenvalue weighted by atomic mass is 9.81. The topological polar surface area (TPSA) is 92.7 Å². The first-order valence-electron chi connectivity index (χ1n) is 11.5. The van der Waals surface area contributed by atoms with Crippen molar-refractivity contribution in [2.75, 3.05) is 0 Å². The van der Waals surface area contributed by atoms with Crippen LogP contribution in [0.2, 0.25) is 0 Å². The fraction of sp³-hybridized carbons (Fsp3) is 0.444. The first-order chi connectivity index (χ1) is 15.5. The third-order valence-corrected chi connectivity index (χ3v) is 5.82. The number of rotatable bonds is 7. The number of aromatic hydroxyl groups is 1. The van der Waals surface area contributed by atoms with Crippen molar-refractivity contribution in [2.45, 2.75) is 77.4 Å². The molecule has 1 amide bonds. The van der Waals surface area contributed by atoms with Crippen LogP contribution in [-0.4, -0.2) is 34.4 Å². The van der Waals surface area contributed by atoms with Gasteiger partial charge in [-0.15, -0.1) is 0 Å². The van der Waals surface area contributed by atoms with Crippen LogP contribution in [0.3, 0.4) is 0 Å². The van der Waals surface area contributed by atoms with Crippen LogP contribution in [0.15, 0.2) is 42.5 Å². The number of hydrogen-bond acceptors (Lipinski definition) is 5. The Morgan fingerprint density at radius 2 is 1.82 bits per heavy atom. The van der Waals surface area contributed by atoms with Crippen LogP contribution in [0.5, 0.6) is 5.75 Å². The second-order valence-electron chi connectivity index (χ2n) is 9.79. The molecule has 0 aliphatic heterocycles. The van der Waals surface area contributed by atoms with Gasteiger partial charge in [-0.3, -0.25) is 9.59 Å². The Hall–Kier alpha value is -3.15. The first-order valence-corrected chi connectivity index (χ1v) is 11.5. The maximum Gasteiger partial charge on any atom is 0.329 e. The maximum atomic E-state index is 13.0. The van der Waals surface area contributed by atoms with E-state index in [1.165, 1.54) is 6.92 Å². The summed E-state index contributed by atoms with van der Waals surface area (Å²) in [6.07, 6.45) is 3.26. The van der Waals surface area contributed by atoms with E-state index in [0.717, 1.165) is 36.0 Å². The van der Waals surface area contributed by atoms with E-state index in [2.05, 4.69) is 5.32 Å². The van der Waals surface area contributed by atoms with Gasteiger partial charge >= 0.3 is 5.97 Å². The number of amides is 1. The number of aryl methyl sites for hydroxylation is 1. The van der Waals surface area contributed by atoms with E-state index >= 15 is 0 Å². The van der Waals surface area contributed by atoms with Crippen LogP contribution < -0.4 is 5.32 Å². The highest BCUT2D eigenvalue weighted by atomic mass is 16.6. The third-order valence-electron chi connectivity index (χ3n) is 5.82. The molecule has 1 aliphatic carbocycles. The molecule has 2 N–H and O–H groups in total. The summed E-state index contributed by atoms with van der Waals surface area (Å²) in [4.78, 5) is 37.4. The summed E-state index contributed by atoms with van der Waals surface area (Å²) in [5.41, 5.74) is 2.91. The van der Waals surface area contributed by atoms with E-state index < -0.39 is 17.6 Å². The Bertz CT molecular complexity index is 1020. The monoisotopic (exact) mass is 451 g/mol. The number of Topliss-reactive ketones (excluding diaryl/α,β-unsaturated/α-hetero) is 1. The van der Waals surface area contributed by atoms with E-state index in [4.69, 9.17) is 4.74 Å². The molecule has 2 aromatic rings. The lowest BCUT2D eigenvalue weighted by Gasteiger charge is -2.27. The Balaban J connectivity index is 1.73. The zero-order chi connectivity index (χ0) is 24.2. The SMILES string of the molecule is CC(=O)c1ccc(C[C@H](NC(=O)CC2CCCc3cc(O)ccc32)C(=O)OC(C)(C)C)cc1. The molecule has 176 valence electrons. The van der Waals surface area contributed by atoms with Crippen molar-refractivity contribution in [3.05, 3.63) is 64.7 Å². The van der Waals surface area contributed by atoms with Gasteiger partial charge in [-0.05, 0) is 81.7 Å². The van der Waals surface area contributed by atoms with Gasteiger partial charge in [0.05, 0.1) is 0 Å². The summed E-state index contributed by atoms with van der Waals surface area (Å²) >= 11 is 0.